The molecule has 0 heterocycles. The number of nitrogens with one attached hydrogen (secondary N) is 2. The Hall–Kier alpha value is -1.05. The molecule has 7 heteroatoms. The van der Waals surface area contributed by atoms with Crippen molar-refractivity contribution >= 4 is 29.5 Å². The van der Waals surface area contributed by atoms with Gasteiger partial charge in [-0.2, -0.15) is 5.48 Å². The molecule has 0 aliphatic rings. The average Bonchev–Trinajstić information content (AvgIpc) is 2.03. The Morgan fingerprint density at radius 2 is 2.17 bits per heavy atom. The Balaban J connectivity index is 3.85. The second kappa shape index (κ2) is 5.58. The number of carboxylic acid groups (broad SMARTS) is 1. The van der Waals surface area contributed by atoms with Crippen LogP contribution in [-0.2, 0) is 9.59 Å². The fraction of sp³-hybridized carbons (Fsp3) is 0.400. The van der Waals surface area contributed by atoms with E-state index in [1.165, 1.54) is 0 Å². The van der Waals surface area contributed by atoms with Gasteiger partial charge in [-0.05, 0) is 0 Å². The van der Waals surface area contributed by atoms with Crippen molar-refractivity contribution in [2.24, 2.45) is 0 Å². The molecule has 0 saturated heterocycles. The molecule has 0 unspecified atom stereocenters. The van der Waals surface area contributed by atoms with Gasteiger partial charge < -0.3 is 15.6 Å². The van der Waals surface area contributed by atoms with Gasteiger partial charge >= 0.3 is 5.97 Å². The van der Waals surface area contributed by atoms with Crippen LogP contribution >= 0.6 is 12.2 Å². The standard InChI is InChI=1S/C5H8N2O4S/c8-4(9)1-6-5(10)3(2-12)7-11/h2-3,7,11H,1H2,(H,6,10)(H,8,9)/t3-/m0/s1. The fourth-order valence-corrected chi connectivity index (χ4v) is 0.608. The first-order valence-electron chi connectivity index (χ1n) is 2.96. The molecule has 0 spiro atoms. The number of thiocarbonyl (C=S) groups is 1. The number of hydroxylamine groups is 1. The number of hydrogen-bond acceptors (Lipinski definition) is 5. The Morgan fingerprint density at radius 3 is 2.50 bits per heavy atom. The van der Waals surface area contributed by atoms with Crippen molar-refractivity contribution in [1.29, 1.82) is 0 Å². The molecule has 0 aliphatic heterocycles. The molecule has 0 aliphatic carbocycles. The van der Waals surface area contributed by atoms with E-state index in [0.717, 1.165) is 5.37 Å². The summed E-state index contributed by atoms with van der Waals surface area (Å²) in [5.41, 5.74) is 1.61. The minimum Gasteiger partial charge on any atom is -0.480 e. The average molecular weight is 192 g/mol. The van der Waals surface area contributed by atoms with Crippen molar-refractivity contribution in [1.82, 2.24) is 10.8 Å². The van der Waals surface area contributed by atoms with Crippen LogP contribution in [0.25, 0.3) is 0 Å². The molecular weight excluding hydrogens is 184 g/mol. The van der Waals surface area contributed by atoms with Crippen molar-refractivity contribution in [2.45, 2.75) is 6.04 Å². The van der Waals surface area contributed by atoms with E-state index in [1.807, 2.05) is 5.32 Å². The van der Waals surface area contributed by atoms with Crippen molar-refractivity contribution in [3.8, 4) is 0 Å². The zero-order valence-electron chi connectivity index (χ0n) is 5.98. The van der Waals surface area contributed by atoms with Gasteiger partial charge in [0.25, 0.3) is 0 Å². The maximum absolute atomic E-state index is 10.8. The van der Waals surface area contributed by atoms with E-state index >= 15 is 0 Å². The third-order valence-electron chi connectivity index (χ3n) is 0.971. The third kappa shape index (κ3) is 3.96. The van der Waals surface area contributed by atoms with Crippen LogP contribution in [0.4, 0.5) is 0 Å². The summed E-state index contributed by atoms with van der Waals surface area (Å²) in [6.45, 7) is -0.500. The Morgan fingerprint density at radius 1 is 1.58 bits per heavy atom. The fourth-order valence-electron chi connectivity index (χ4n) is 0.424. The summed E-state index contributed by atoms with van der Waals surface area (Å²) < 4.78 is 0. The molecule has 1 atom stereocenters. The minimum absolute atomic E-state index is 0.500. The van der Waals surface area contributed by atoms with Crippen molar-refractivity contribution in [3.05, 3.63) is 0 Å². The summed E-state index contributed by atoms with van der Waals surface area (Å²) in [4.78, 5) is 20.8. The van der Waals surface area contributed by atoms with Crippen LogP contribution in [0, 0.1) is 0 Å². The van der Waals surface area contributed by atoms with Crippen LogP contribution in [0.2, 0.25) is 0 Å². The van der Waals surface area contributed by atoms with Gasteiger partial charge in [0.05, 0.1) is 0 Å². The quantitative estimate of drug-likeness (QED) is 0.314. The van der Waals surface area contributed by atoms with E-state index in [4.69, 9.17) is 10.3 Å². The van der Waals surface area contributed by atoms with Crippen LogP contribution in [0.1, 0.15) is 0 Å². The highest BCUT2D eigenvalue weighted by Crippen LogP contribution is 1.77. The molecule has 68 valence electrons. The summed E-state index contributed by atoms with van der Waals surface area (Å²) in [5.74, 6) is -1.85. The summed E-state index contributed by atoms with van der Waals surface area (Å²) in [5, 5.41) is 19.5. The van der Waals surface area contributed by atoms with E-state index in [9.17, 15) is 9.59 Å². The van der Waals surface area contributed by atoms with Gasteiger partial charge in [0.15, 0.2) is 0 Å². The SMILES string of the molecule is O=C(O)CNC(=O)[C@H](C=S)NO. The van der Waals surface area contributed by atoms with Gasteiger partial charge in [0.1, 0.15) is 12.6 Å². The Bertz CT molecular complexity index is 196. The molecule has 0 bridgehead atoms. The number of rotatable bonds is 5. The Kier molecular flexibility index (Phi) is 5.09. The zero-order valence-corrected chi connectivity index (χ0v) is 6.80. The molecule has 12 heavy (non-hydrogen) atoms. The predicted octanol–water partition coefficient (Wildman–Crippen LogP) is -1.47. The smallest absolute Gasteiger partial charge is 0.322 e. The topological polar surface area (TPSA) is 98.7 Å². The second-order valence-corrected chi connectivity index (χ2v) is 2.13. The van der Waals surface area contributed by atoms with Gasteiger partial charge in [0, 0.05) is 5.37 Å². The molecule has 0 aromatic carbocycles. The molecule has 0 rings (SSSR count). The van der Waals surface area contributed by atoms with Gasteiger partial charge in [-0.25, -0.2) is 0 Å². The van der Waals surface area contributed by atoms with Crippen LogP contribution in [0.15, 0.2) is 0 Å². The van der Waals surface area contributed by atoms with Crippen molar-refractivity contribution in [3.63, 3.8) is 0 Å². The lowest BCUT2D eigenvalue weighted by Crippen LogP contribution is -2.45. The second-order valence-electron chi connectivity index (χ2n) is 1.85. The summed E-state index contributed by atoms with van der Waals surface area (Å²) >= 11 is 4.37. The van der Waals surface area contributed by atoms with E-state index in [0.29, 0.717) is 0 Å². The third-order valence-corrected chi connectivity index (χ3v) is 1.24. The molecule has 4 N–H and O–H groups in total. The van der Waals surface area contributed by atoms with Gasteiger partial charge in [-0.1, -0.05) is 12.2 Å². The normalized spacial score (nSPS) is 11.8. The van der Waals surface area contributed by atoms with Crippen molar-refractivity contribution in [2.75, 3.05) is 6.54 Å². The van der Waals surface area contributed by atoms with Crippen LogP contribution in [-0.4, -0.2) is 40.1 Å². The molecule has 6 nitrogen and oxygen atoms in total. The maximum atomic E-state index is 10.8. The number of hydrogen-bond donors (Lipinski definition) is 4. The Labute approximate surface area is 73.5 Å². The van der Waals surface area contributed by atoms with Crippen LogP contribution < -0.4 is 10.8 Å². The number of carbonyl (C=O) groups is 2. The lowest BCUT2D eigenvalue weighted by Gasteiger charge is -2.07. The maximum Gasteiger partial charge on any atom is 0.322 e. The first-order chi connectivity index (χ1) is 5.61. The number of carboxylic acids is 1. The first kappa shape index (κ1) is 11.0. The largest absolute Gasteiger partial charge is 0.480 e. The zero-order chi connectivity index (χ0) is 9.56. The highest BCUT2D eigenvalue weighted by atomic mass is 32.1. The van der Waals surface area contributed by atoms with Crippen molar-refractivity contribution < 1.29 is 19.9 Å². The molecule has 0 fully saturated rings. The summed E-state index contributed by atoms with van der Waals surface area (Å²) in [7, 11) is 0. The molecule has 0 radical (unpaired) electrons. The lowest BCUT2D eigenvalue weighted by molar-refractivity contribution is -0.138. The number of amides is 1. The molecule has 0 aromatic heterocycles. The predicted molar refractivity (Wildman–Crippen MR) is 43.0 cm³/mol. The summed E-state index contributed by atoms with van der Waals surface area (Å²) in [6.07, 6.45) is 0. The molecule has 0 saturated carbocycles. The van der Waals surface area contributed by atoms with Gasteiger partial charge in [-0.15, -0.1) is 0 Å². The first-order valence-corrected chi connectivity index (χ1v) is 3.43. The van der Waals surface area contributed by atoms with E-state index in [-0.39, 0.29) is 0 Å². The summed E-state index contributed by atoms with van der Waals surface area (Å²) in [6, 6.07) is -1.06. The van der Waals surface area contributed by atoms with E-state index in [2.05, 4.69) is 12.2 Å². The van der Waals surface area contributed by atoms with Crippen LogP contribution in [0.5, 0.6) is 0 Å². The van der Waals surface area contributed by atoms with Gasteiger partial charge in [-0.3, -0.25) is 9.59 Å². The molecule has 1 amide bonds. The monoisotopic (exact) mass is 192 g/mol. The van der Waals surface area contributed by atoms with Crippen LogP contribution in [0.3, 0.4) is 0 Å². The highest BCUT2D eigenvalue weighted by Gasteiger charge is 2.13. The number of aliphatic carboxylic acids is 1. The minimum atomic E-state index is -1.16. The lowest BCUT2D eigenvalue weighted by atomic mass is 10.3. The number of carbonyl (C=O) groups excluding carboxylic acids is 1. The van der Waals surface area contributed by atoms with Gasteiger partial charge in [0.2, 0.25) is 5.91 Å². The van der Waals surface area contributed by atoms with E-state index in [1.54, 1.807) is 5.48 Å². The highest BCUT2D eigenvalue weighted by molar-refractivity contribution is 7.79. The molecule has 0 aromatic rings. The van der Waals surface area contributed by atoms with E-state index < -0.39 is 24.5 Å². The molecular formula is C5H8N2O4S.